The normalized spacial score (nSPS) is 22.3. The summed E-state index contributed by atoms with van der Waals surface area (Å²) in [5.41, 5.74) is 2.34. The molecule has 2 saturated heterocycles. The first-order valence-electron chi connectivity index (χ1n) is 11.9. The molecule has 5 rings (SSSR count). The zero-order chi connectivity index (χ0) is 23.0. The van der Waals surface area contributed by atoms with Crippen LogP contribution in [0.5, 0.6) is 0 Å². The Balaban J connectivity index is 1.29. The van der Waals surface area contributed by atoms with E-state index in [2.05, 4.69) is 16.3 Å². The Hall–Kier alpha value is -3.35. The fourth-order valence-corrected chi connectivity index (χ4v) is 5.41. The van der Waals surface area contributed by atoms with E-state index in [0.29, 0.717) is 24.1 Å². The lowest BCUT2D eigenvalue weighted by atomic mass is 9.98. The van der Waals surface area contributed by atoms with Gasteiger partial charge in [0.25, 0.3) is 5.91 Å². The van der Waals surface area contributed by atoms with Gasteiger partial charge in [-0.1, -0.05) is 18.2 Å². The lowest BCUT2D eigenvalue weighted by Crippen LogP contribution is -2.62. The summed E-state index contributed by atoms with van der Waals surface area (Å²) >= 11 is 0. The maximum absolute atomic E-state index is 13.3. The number of anilines is 3. The maximum atomic E-state index is 13.3. The molecule has 0 bridgehead atoms. The maximum Gasteiger partial charge on any atom is 0.257 e. The number of hydrogen-bond acceptors (Lipinski definition) is 4. The average molecular weight is 447 g/mol. The smallest absolute Gasteiger partial charge is 0.257 e. The van der Waals surface area contributed by atoms with Gasteiger partial charge in [0.15, 0.2) is 0 Å². The van der Waals surface area contributed by atoms with E-state index in [-0.39, 0.29) is 30.7 Å². The molecular weight excluding hydrogens is 416 g/mol. The standard InChI is InChI=1S/C26H30N4O3/c1-26-14-12-24(32)30(26)22-11-4-3-10-21(22)25(33)29(26)17-13-23(31)27-19-8-7-9-20(18-19)28-15-5-2-6-16-28/h3-4,7-11,18H,2,5-6,12-17H2,1H3,(H,27,31). The van der Waals surface area contributed by atoms with Crippen LogP contribution in [0, 0.1) is 0 Å². The van der Waals surface area contributed by atoms with Crippen molar-refractivity contribution in [3.05, 3.63) is 54.1 Å². The first kappa shape index (κ1) is 21.5. The minimum atomic E-state index is -0.739. The molecule has 33 heavy (non-hydrogen) atoms. The Morgan fingerprint density at radius 3 is 2.64 bits per heavy atom. The summed E-state index contributed by atoms with van der Waals surface area (Å²) in [6.07, 6.45) is 4.78. The van der Waals surface area contributed by atoms with Crippen LogP contribution in [0.2, 0.25) is 0 Å². The molecule has 7 heteroatoms. The Morgan fingerprint density at radius 2 is 1.82 bits per heavy atom. The Labute approximate surface area is 194 Å². The number of rotatable bonds is 5. The van der Waals surface area contributed by atoms with Crippen molar-refractivity contribution in [3.63, 3.8) is 0 Å². The Kier molecular flexibility index (Phi) is 5.56. The van der Waals surface area contributed by atoms with Gasteiger partial charge in [0, 0.05) is 43.9 Å². The van der Waals surface area contributed by atoms with Crippen molar-refractivity contribution in [3.8, 4) is 0 Å². The fourth-order valence-electron chi connectivity index (χ4n) is 5.41. The number of fused-ring (bicyclic) bond motifs is 3. The summed E-state index contributed by atoms with van der Waals surface area (Å²) in [5, 5.41) is 2.99. The molecule has 172 valence electrons. The molecule has 0 saturated carbocycles. The molecule has 7 nitrogen and oxygen atoms in total. The molecule has 1 N–H and O–H groups in total. The lowest BCUT2D eigenvalue weighted by molar-refractivity contribution is -0.117. The number of hydrogen-bond donors (Lipinski definition) is 1. The van der Waals surface area contributed by atoms with Gasteiger partial charge >= 0.3 is 0 Å². The zero-order valence-electron chi connectivity index (χ0n) is 19.0. The summed E-state index contributed by atoms with van der Waals surface area (Å²) in [6.45, 7) is 4.27. The number of carbonyl (C=O) groups excluding carboxylic acids is 3. The molecule has 1 unspecified atom stereocenters. The van der Waals surface area contributed by atoms with Crippen molar-refractivity contribution < 1.29 is 14.4 Å². The van der Waals surface area contributed by atoms with Crippen LogP contribution in [0.25, 0.3) is 0 Å². The summed E-state index contributed by atoms with van der Waals surface area (Å²) in [5.74, 6) is -0.252. The predicted octanol–water partition coefficient (Wildman–Crippen LogP) is 4.00. The average Bonchev–Trinajstić information content (AvgIpc) is 3.14. The monoisotopic (exact) mass is 446 g/mol. The van der Waals surface area contributed by atoms with Gasteiger partial charge in [-0.05, 0) is 62.9 Å². The van der Waals surface area contributed by atoms with Gasteiger partial charge in [0.2, 0.25) is 11.8 Å². The summed E-state index contributed by atoms with van der Waals surface area (Å²) in [7, 11) is 0. The molecule has 2 aromatic carbocycles. The molecular formula is C26H30N4O3. The number of benzene rings is 2. The molecule has 2 fully saturated rings. The van der Waals surface area contributed by atoms with Crippen molar-refractivity contribution in [2.24, 2.45) is 0 Å². The second kappa shape index (κ2) is 8.54. The SMILES string of the molecule is CC12CCC(=O)N1c1ccccc1C(=O)N2CCC(=O)Nc1cccc(N2CCCCC2)c1. The van der Waals surface area contributed by atoms with Crippen LogP contribution in [-0.4, -0.2) is 47.9 Å². The molecule has 0 aliphatic carbocycles. The number of nitrogens with zero attached hydrogens (tertiary/aromatic N) is 3. The second-order valence-electron chi connectivity index (χ2n) is 9.32. The van der Waals surface area contributed by atoms with Gasteiger partial charge in [-0.25, -0.2) is 0 Å². The van der Waals surface area contributed by atoms with Crippen LogP contribution in [-0.2, 0) is 9.59 Å². The molecule has 3 aliphatic rings. The van der Waals surface area contributed by atoms with E-state index in [1.165, 1.54) is 19.3 Å². The van der Waals surface area contributed by atoms with Crippen LogP contribution in [0.4, 0.5) is 17.1 Å². The third-order valence-electron chi connectivity index (χ3n) is 7.16. The van der Waals surface area contributed by atoms with E-state index < -0.39 is 5.66 Å². The summed E-state index contributed by atoms with van der Waals surface area (Å²) < 4.78 is 0. The van der Waals surface area contributed by atoms with Crippen LogP contribution >= 0.6 is 0 Å². The van der Waals surface area contributed by atoms with Gasteiger partial charge in [-0.3, -0.25) is 19.3 Å². The minimum absolute atomic E-state index is 0.0152. The van der Waals surface area contributed by atoms with Crippen LogP contribution < -0.4 is 15.1 Å². The van der Waals surface area contributed by atoms with Crippen LogP contribution in [0.3, 0.4) is 0 Å². The van der Waals surface area contributed by atoms with E-state index in [1.54, 1.807) is 21.9 Å². The van der Waals surface area contributed by atoms with Crippen LogP contribution in [0.15, 0.2) is 48.5 Å². The molecule has 0 radical (unpaired) electrons. The Bertz CT molecular complexity index is 1090. The van der Waals surface area contributed by atoms with E-state index >= 15 is 0 Å². The summed E-state index contributed by atoms with van der Waals surface area (Å²) in [6, 6.07) is 15.2. The van der Waals surface area contributed by atoms with E-state index in [1.807, 2.05) is 37.3 Å². The van der Waals surface area contributed by atoms with E-state index in [4.69, 9.17) is 0 Å². The predicted molar refractivity (Wildman–Crippen MR) is 128 cm³/mol. The molecule has 1 atom stereocenters. The molecule has 3 heterocycles. The van der Waals surface area contributed by atoms with Gasteiger partial charge in [-0.15, -0.1) is 0 Å². The van der Waals surface area contributed by atoms with Crippen molar-refractivity contribution in [2.45, 2.75) is 51.1 Å². The second-order valence-corrected chi connectivity index (χ2v) is 9.32. The lowest BCUT2D eigenvalue weighted by Gasteiger charge is -2.48. The highest BCUT2D eigenvalue weighted by Gasteiger charge is 2.52. The minimum Gasteiger partial charge on any atom is -0.371 e. The summed E-state index contributed by atoms with van der Waals surface area (Å²) in [4.78, 5) is 44.6. The highest BCUT2D eigenvalue weighted by atomic mass is 16.2. The van der Waals surface area contributed by atoms with Crippen molar-refractivity contribution >= 4 is 34.8 Å². The zero-order valence-corrected chi connectivity index (χ0v) is 19.0. The largest absolute Gasteiger partial charge is 0.371 e. The third kappa shape index (κ3) is 3.86. The molecule has 2 aromatic rings. The molecule has 0 spiro atoms. The number of carbonyl (C=O) groups is 3. The quantitative estimate of drug-likeness (QED) is 0.753. The fraction of sp³-hybridized carbons (Fsp3) is 0.423. The molecule has 0 aromatic heterocycles. The van der Waals surface area contributed by atoms with E-state index in [0.717, 1.165) is 24.5 Å². The van der Waals surface area contributed by atoms with Crippen molar-refractivity contribution in [1.29, 1.82) is 0 Å². The number of piperidine rings is 1. The third-order valence-corrected chi connectivity index (χ3v) is 7.16. The van der Waals surface area contributed by atoms with E-state index in [9.17, 15) is 14.4 Å². The highest BCUT2D eigenvalue weighted by molar-refractivity contribution is 6.10. The Morgan fingerprint density at radius 1 is 1.03 bits per heavy atom. The number of nitrogens with one attached hydrogen (secondary N) is 1. The van der Waals surface area contributed by atoms with Crippen molar-refractivity contribution in [1.82, 2.24) is 4.90 Å². The highest BCUT2D eigenvalue weighted by Crippen LogP contribution is 2.44. The topological polar surface area (TPSA) is 73.0 Å². The number of para-hydroxylation sites is 1. The first-order valence-corrected chi connectivity index (χ1v) is 11.9. The molecule has 3 aliphatic heterocycles. The van der Waals surface area contributed by atoms with Gasteiger partial charge < -0.3 is 15.1 Å². The van der Waals surface area contributed by atoms with Gasteiger partial charge in [0.1, 0.15) is 5.66 Å². The number of amides is 3. The van der Waals surface area contributed by atoms with Gasteiger partial charge in [-0.2, -0.15) is 0 Å². The first-order chi connectivity index (χ1) is 16.0. The molecule has 3 amide bonds. The van der Waals surface area contributed by atoms with Crippen molar-refractivity contribution in [2.75, 3.05) is 34.8 Å². The van der Waals surface area contributed by atoms with Gasteiger partial charge in [0.05, 0.1) is 11.3 Å². The van der Waals surface area contributed by atoms with Crippen LogP contribution in [0.1, 0.15) is 55.8 Å².